The first kappa shape index (κ1) is 42.3. The van der Waals surface area contributed by atoms with E-state index in [1.165, 1.54) is 63.0 Å². The van der Waals surface area contributed by atoms with Crippen LogP contribution in [0, 0.1) is 12.1 Å². The molecule has 2 radical (unpaired) electrons. The van der Waals surface area contributed by atoms with E-state index < -0.39 is 0 Å². The number of hydrogen-bond acceptors (Lipinski definition) is 3. The minimum atomic E-state index is 0. The molecular weight excluding hydrogens is 985 g/mol. The summed E-state index contributed by atoms with van der Waals surface area (Å²) in [5.74, 6) is 0.250. The summed E-state index contributed by atoms with van der Waals surface area (Å²) in [4.78, 5) is 17.5. The molecule has 0 unspecified atom stereocenters. The average Bonchev–Trinajstić information content (AvgIpc) is 3.11. The molecule has 6 heteroatoms. The summed E-state index contributed by atoms with van der Waals surface area (Å²) < 4.78 is 0. The fraction of sp³-hybridized carbons (Fsp3) is 0.0889. The number of fused-ring (bicyclic) bond motifs is 6. The van der Waals surface area contributed by atoms with E-state index in [-0.39, 0.29) is 66.6 Å². The summed E-state index contributed by atoms with van der Waals surface area (Å²) in [6, 6.07) is 52.2. The molecule has 2 aromatic heterocycles. The summed E-state index contributed by atoms with van der Waals surface area (Å²) in [6.07, 6.45) is 5.04. The molecule has 51 heavy (non-hydrogen) atoms. The van der Waals surface area contributed by atoms with Crippen LogP contribution in [-0.4, -0.2) is 25.7 Å². The van der Waals surface area contributed by atoms with Crippen LogP contribution in [-0.2, 0) is 40.2 Å². The van der Waals surface area contributed by atoms with Crippen LogP contribution >= 0.6 is 0 Å². The van der Waals surface area contributed by atoms with Gasteiger partial charge in [-0.25, -0.2) is 0 Å². The Bertz CT molecular complexity index is 2200. The molecule has 0 aliphatic rings. The van der Waals surface area contributed by atoms with E-state index >= 15 is 0 Å². The van der Waals surface area contributed by atoms with Crippen molar-refractivity contribution in [3.8, 4) is 22.5 Å². The zero-order valence-electron chi connectivity index (χ0n) is 26.9. The molecule has 8 rings (SSSR count). The second-order valence-corrected chi connectivity index (χ2v) is 11.1. The Morgan fingerprint density at radius 2 is 0.941 bits per heavy atom. The van der Waals surface area contributed by atoms with Gasteiger partial charge in [-0.3, -0.25) is 4.79 Å². The standard InChI is InChI=1S/2C19H12N.C5H8O2.2CH4.2Ir/c2*1-2-7-15(8-3-1)19-18-11-10-14-6-4-5-9-16(14)17(18)12-13-20-19;1-4(6)3-5(2)7;;;;/h2*1-7,9-13H;3,6H,1-2H3;2*1H4;;/q2*-1;;;;;/p+1. The zero-order valence-corrected chi connectivity index (χ0v) is 31.7. The quantitative estimate of drug-likeness (QED) is 0.0630. The van der Waals surface area contributed by atoms with Crippen LogP contribution in [0.4, 0.5) is 0 Å². The number of hydrogen-bond donors (Lipinski definition) is 1. The predicted octanol–water partition coefficient (Wildman–Crippen LogP) is 12.0. The second kappa shape index (κ2) is 20.1. The SMILES string of the molecule is C.C.CC(=[OH+])C=C(C)O.[Ir].[Ir].[c-]1ccccc1-c1nccc2c1ccc1ccccc12.[c-]1ccccc1-c1nccc2c1ccc1ccccc12. The third-order valence-corrected chi connectivity index (χ3v) is 7.69. The van der Waals surface area contributed by atoms with Gasteiger partial charge in [0.05, 0.1) is 18.8 Å². The van der Waals surface area contributed by atoms with Crippen molar-refractivity contribution in [2.24, 2.45) is 0 Å². The van der Waals surface area contributed by atoms with Gasteiger partial charge in [-0.15, -0.1) is 71.8 Å². The van der Waals surface area contributed by atoms with Crippen molar-refractivity contribution in [1.29, 1.82) is 0 Å². The second-order valence-electron chi connectivity index (χ2n) is 11.1. The average molecular weight is 1030 g/mol. The Hall–Kier alpha value is -4.83. The van der Waals surface area contributed by atoms with Crippen LogP contribution in [0.25, 0.3) is 65.6 Å². The normalized spacial score (nSPS) is 10.2. The van der Waals surface area contributed by atoms with Gasteiger partial charge in [0.1, 0.15) is 0 Å². The number of nitrogens with zero attached hydrogens (tertiary/aromatic N) is 2. The van der Waals surface area contributed by atoms with E-state index in [1.807, 2.05) is 48.8 Å². The van der Waals surface area contributed by atoms with Crippen molar-refractivity contribution in [2.45, 2.75) is 28.7 Å². The zero-order chi connectivity index (χ0) is 32.6. The molecule has 0 aliphatic carbocycles. The van der Waals surface area contributed by atoms with Crippen LogP contribution < -0.4 is 0 Å². The molecule has 0 fully saturated rings. The summed E-state index contributed by atoms with van der Waals surface area (Å²) >= 11 is 0. The number of rotatable bonds is 3. The first-order chi connectivity index (χ1) is 23.0. The van der Waals surface area contributed by atoms with Gasteiger partial charge in [-0.2, -0.15) is 0 Å². The molecule has 2 N–H and O–H groups in total. The molecule has 262 valence electrons. The van der Waals surface area contributed by atoms with Gasteiger partial charge in [0.2, 0.25) is 0 Å². The van der Waals surface area contributed by atoms with Crippen molar-refractivity contribution in [3.63, 3.8) is 0 Å². The van der Waals surface area contributed by atoms with Crippen LogP contribution in [0.5, 0.6) is 0 Å². The third-order valence-electron chi connectivity index (χ3n) is 7.69. The Kier molecular flexibility index (Phi) is 16.7. The fourth-order valence-electron chi connectivity index (χ4n) is 5.69. The Labute approximate surface area is 328 Å². The maximum Gasteiger partial charge on any atom is 0.316 e. The number of allylic oxidation sites excluding steroid dienone is 2. The van der Waals surface area contributed by atoms with Gasteiger partial charge in [0, 0.05) is 52.6 Å². The first-order valence-electron chi connectivity index (χ1n) is 15.4. The van der Waals surface area contributed by atoms with E-state index in [1.54, 1.807) is 0 Å². The molecule has 6 aromatic carbocycles. The smallest absolute Gasteiger partial charge is 0.316 e. The molecule has 0 spiro atoms. The number of benzene rings is 6. The monoisotopic (exact) mass is 1030 g/mol. The van der Waals surface area contributed by atoms with Crippen molar-refractivity contribution >= 4 is 48.9 Å². The van der Waals surface area contributed by atoms with Crippen LogP contribution in [0.1, 0.15) is 28.7 Å². The number of aliphatic hydroxyl groups excluding tert-OH is 1. The van der Waals surface area contributed by atoms with Crippen LogP contribution in [0.2, 0.25) is 0 Å². The minimum absolute atomic E-state index is 0. The number of aliphatic hydroxyl groups is 1. The van der Waals surface area contributed by atoms with Crippen molar-refractivity contribution in [3.05, 3.63) is 170 Å². The van der Waals surface area contributed by atoms with Gasteiger partial charge in [-0.05, 0) is 73.5 Å². The van der Waals surface area contributed by atoms with Gasteiger partial charge >= 0.3 is 5.78 Å². The largest absolute Gasteiger partial charge is 0.512 e. The molecular formula is C45H41Ir2N2O2-. The minimum Gasteiger partial charge on any atom is -0.512 e. The Morgan fingerprint density at radius 1 is 0.529 bits per heavy atom. The maximum absolute atomic E-state index is 8.40. The third kappa shape index (κ3) is 10.1. The molecule has 0 saturated carbocycles. The fourth-order valence-corrected chi connectivity index (χ4v) is 5.69. The summed E-state index contributed by atoms with van der Waals surface area (Å²) in [5, 5.41) is 18.3. The van der Waals surface area contributed by atoms with Crippen molar-refractivity contribution in [2.75, 3.05) is 0 Å². The van der Waals surface area contributed by atoms with E-state index in [9.17, 15) is 0 Å². The summed E-state index contributed by atoms with van der Waals surface area (Å²) in [5.41, 5.74) is 4.06. The summed E-state index contributed by atoms with van der Waals surface area (Å²) in [7, 11) is 0. The van der Waals surface area contributed by atoms with E-state index in [4.69, 9.17) is 9.90 Å². The molecule has 0 amide bonds. The number of aromatic nitrogens is 2. The van der Waals surface area contributed by atoms with Crippen molar-refractivity contribution in [1.82, 2.24) is 9.97 Å². The molecule has 0 atom stereocenters. The molecule has 0 bridgehead atoms. The Morgan fingerprint density at radius 3 is 1.29 bits per heavy atom. The van der Waals surface area contributed by atoms with Crippen molar-refractivity contribution < 1.29 is 50.1 Å². The number of carbonyl (C=O) groups excluding carboxylic acids is 1. The van der Waals surface area contributed by atoms with Crippen LogP contribution in [0.3, 0.4) is 0 Å². The van der Waals surface area contributed by atoms with Crippen LogP contribution in [0.15, 0.2) is 158 Å². The molecule has 0 saturated heterocycles. The maximum atomic E-state index is 8.40. The van der Waals surface area contributed by atoms with E-state index in [0.717, 1.165) is 22.5 Å². The first-order valence-corrected chi connectivity index (χ1v) is 15.4. The Balaban J connectivity index is 0.000000281. The van der Waals surface area contributed by atoms with Gasteiger partial charge in [-0.1, -0.05) is 87.6 Å². The van der Waals surface area contributed by atoms with E-state index in [0.29, 0.717) is 0 Å². The topological polar surface area (TPSA) is 67.4 Å². The number of ketones is 1. The molecule has 4 nitrogen and oxygen atoms in total. The van der Waals surface area contributed by atoms with Gasteiger partial charge in [0.15, 0.2) is 0 Å². The number of pyridine rings is 2. The van der Waals surface area contributed by atoms with E-state index in [2.05, 4.69) is 119 Å². The molecule has 2 heterocycles. The predicted molar refractivity (Wildman–Crippen MR) is 210 cm³/mol. The molecule has 8 aromatic rings. The summed E-state index contributed by atoms with van der Waals surface area (Å²) in [6.45, 7) is 3.00. The molecule has 0 aliphatic heterocycles. The van der Waals surface area contributed by atoms with Gasteiger partial charge in [0.25, 0.3) is 0 Å². The van der Waals surface area contributed by atoms with Gasteiger partial charge < -0.3 is 15.1 Å².